The van der Waals surface area contributed by atoms with E-state index in [4.69, 9.17) is 23.5 Å². The van der Waals surface area contributed by atoms with Crippen molar-refractivity contribution in [3.8, 4) is 0 Å². The summed E-state index contributed by atoms with van der Waals surface area (Å²) in [4.78, 5) is 0. The third-order valence-corrected chi connectivity index (χ3v) is 5.70. The second kappa shape index (κ2) is 21.0. The predicted octanol–water partition coefficient (Wildman–Crippen LogP) is 5.35. The van der Waals surface area contributed by atoms with Crippen LogP contribution in [-0.4, -0.2) is 70.4 Å². The van der Waals surface area contributed by atoms with Gasteiger partial charge < -0.3 is 18.9 Å². The zero-order valence-corrected chi connectivity index (χ0v) is 22.4. The van der Waals surface area contributed by atoms with Crippen LogP contribution in [-0.2, 0) is 33.5 Å². The Morgan fingerprint density at radius 2 is 1.00 bits per heavy atom. The molecule has 200 valence electrons. The van der Waals surface area contributed by atoms with Gasteiger partial charge in [-0.15, -0.1) is 0 Å². The zero-order chi connectivity index (χ0) is 25.0. The lowest BCUT2D eigenvalue weighted by atomic mass is 10.1. The number of ether oxygens (including phenoxy) is 4. The SMILES string of the molecule is CCCCCCCCCCCCOCC(C)OCC(C)OCC(C)OCC(C)OS(=O)(=O)O. The second-order valence-electron chi connectivity index (χ2n) is 9.02. The van der Waals surface area contributed by atoms with Crippen LogP contribution in [0.3, 0.4) is 0 Å². The van der Waals surface area contributed by atoms with E-state index in [1.165, 1.54) is 64.7 Å². The van der Waals surface area contributed by atoms with Crippen molar-refractivity contribution in [2.75, 3.05) is 33.0 Å². The summed E-state index contributed by atoms with van der Waals surface area (Å²) in [6.07, 6.45) is 12.1. The molecule has 0 bridgehead atoms. The van der Waals surface area contributed by atoms with Crippen molar-refractivity contribution in [3.63, 3.8) is 0 Å². The first kappa shape index (κ1) is 32.7. The Labute approximate surface area is 203 Å². The van der Waals surface area contributed by atoms with E-state index in [-0.39, 0.29) is 24.9 Å². The molecule has 0 aromatic heterocycles. The van der Waals surface area contributed by atoms with Gasteiger partial charge in [0.1, 0.15) is 0 Å². The van der Waals surface area contributed by atoms with E-state index >= 15 is 0 Å². The largest absolute Gasteiger partial charge is 0.397 e. The van der Waals surface area contributed by atoms with E-state index in [0.717, 1.165) is 13.0 Å². The Bertz CT molecular complexity index is 529. The molecule has 0 saturated carbocycles. The zero-order valence-electron chi connectivity index (χ0n) is 21.6. The maximum Gasteiger partial charge on any atom is 0.397 e. The molecule has 0 rings (SSSR count). The van der Waals surface area contributed by atoms with Gasteiger partial charge in [0.05, 0.1) is 50.8 Å². The quantitative estimate of drug-likeness (QED) is 0.140. The van der Waals surface area contributed by atoms with Gasteiger partial charge in [-0.05, 0) is 34.1 Å². The first-order chi connectivity index (χ1) is 15.6. The van der Waals surface area contributed by atoms with Gasteiger partial charge in [-0.25, -0.2) is 4.18 Å². The summed E-state index contributed by atoms with van der Waals surface area (Å²) >= 11 is 0. The highest BCUT2D eigenvalue weighted by Crippen LogP contribution is 2.10. The monoisotopic (exact) mass is 498 g/mol. The molecular formula is C24H50O8S. The number of unbranched alkanes of at least 4 members (excludes halogenated alkanes) is 9. The van der Waals surface area contributed by atoms with E-state index in [1.54, 1.807) is 0 Å². The minimum absolute atomic E-state index is 0.00581. The summed E-state index contributed by atoms with van der Waals surface area (Å²) in [6.45, 7) is 11.7. The Morgan fingerprint density at radius 1 is 0.606 bits per heavy atom. The number of rotatable bonds is 24. The van der Waals surface area contributed by atoms with Gasteiger partial charge in [-0.3, -0.25) is 4.55 Å². The van der Waals surface area contributed by atoms with Crippen LogP contribution in [0.15, 0.2) is 0 Å². The highest BCUT2D eigenvalue weighted by atomic mass is 32.3. The minimum atomic E-state index is -4.47. The summed E-state index contributed by atoms with van der Waals surface area (Å²) in [5, 5.41) is 0. The molecule has 0 aromatic carbocycles. The highest BCUT2D eigenvalue weighted by molar-refractivity contribution is 7.80. The normalized spacial score (nSPS) is 15.9. The summed E-state index contributed by atoms with van der Waals surface area (Å²) in [5.74, 6) is 0. The van der Waals surface area contributed by atoms with Crippen molar-refractivity contribution >= 4 is 10.4 Å². The van der Waals surface area contributed by atoms with Gasteiger partial charge in [0.2, 0.25) is 0 Å². The molecule has 0 fully saturated rings. The molecule has 0 aromatic rings. The molecular weight excluding hydrogens is 448 g/mol. The lowest BCUT2D eigenvalue weighted by Crippen LogP contribution is -2.28. The molecule has 0 aliphatic rings. The molecule has 4 unspecified atom stereocenters. The molecule has 0 spiro atoms. The topological polar surface area (TPSA) is 101 Å². The van der Waals surface area contributed by atoms with Crippen LogP contribution in [0.1, 0.15) is 98.8 Å². The first-order valence-corrected chi connectivity index (χ1v) is 14.1. The van der Waals surface area contributed by atoms with E-state index in [2.05, 4.69) is 11.1 Å². The van der Waals surface area contributed by atoms with E-state index in [9.17, 15) is 8.42 Å². The third-order valence-electron chi connectivity index (χ3n) is 5.13. The van der Waals surface area contributed by atoms with Crippen molar-refractivity contribution in [2.24, 2.45) is 0 Å². The summed E-state index contributed by atoms with van der Waals surface area (Å²) in [5.41, 5.74) is 0. The molecule has 4 atom stereocenters. The van der Waals surface area contributed by atoms with Crippen LogP contribution in [0.5, 0.6) is 0 Å². The van der Waals surface area contributed by atoms with Crippen molar-refractivity contribution in [3.05, 3.63) is 0 Å². The third kappa shape index (κ3) is 24.6. The van der Waals surface area contributed by atoms with E-state index in [1.807, 2.05) is 20.8 Å². The fraction of sp³-hybridized carbons (Fsp3) is 1.00. The van der Waals surface area contributed by atoms with Gasteiger partial charge in [0.25, 0.3) is 0 Å². The van der Waals surface area contributed by atoms with Gasteiger partial charge >= 0.3 is 10.4 Å². The van der Waals surface area contributed by atoms with Gasteiger partial charge in [0, 0.05) is 6.61 Å². The predicted molar refractivity (Wildman–Crippen MR) is 131 cm³/mol. The van der Waals surface area contributed by atoms with Crippen LogP contribution < -0.4 is 0 Å². The summed E-state index contributed by atoms with van der Waals surface area (Å²) < 4.78 is 57.0. The molecule has 0 aliphatic heterocycles. The van der Waals surface area contributed by atoms with Crippen molar-refractivity contribution in [1.82, 2.24) is 0 Å². The molecule has 0 saturated heterocycles. The Balaban J connectivity index is 3.56. The Kier molecular flexibility index (Phi) is 20.8. The molecule has 0 radical (unpaired) electrons. The number of hydrogen-bond acceptors (Lipinski definition) is 7. The average molecular weight is 499 g/mol. The Hall–Kier alpha value is -0.290. The van der Waals surface area contributed by atoms with Crippen LogP contribution in [0.2, 0.25) is 0 Å². The molecule has 0 aliphatic carbocycles. The van der Waals surface area contributed by atoms with Crippen LogP contribution in [0.4, 0.5) is 0 Å². The highest BCUT2D eigenvalue weighted by Gasteiger charge is 2.15. The summed E-state index contributed by atoms with van der Waals surface area (Å²) in [7, 11) is -4.47. The van der Waals surface area contributed by atoms with Crippen molar-refractivity contribution in [2.45, 2.75) is 123 Å². The van der Waals surface area contributed by atoms with Crippen LogP contribution in [0.25, 0.3) is 0 Å². The lowest BCUT2D eigenvalue weighted by Gasteiger charge is -2.21. The van der Waals surface area contributed by atoms with E-state index in [0.29, 0.717) is 19.8 Å². The minimum Gasteiger partial charge on any atom is -0.379 e. The van der Waals surface area contributed by atoms with Crippen molar-refractivity contribution in [1.29, 1.82) is 0 Å². The van der Waals surface area contributed by atoms with Crippen LogP contribution in [0, 0.1) is 0 Å². The first-order valence-electron chi connectivity index (χ1n) is 12.7. The fourth-order valence-corrected chi connectivity index (χ4v) is 3.69. The molecule has 33 heavy (non-hydrogen) atoms. The average Bonchev–Trinajstić information content (AvgIpc) is 2.74. The maximum absolute atomic E-state index is 10.6. The molecule has 8 nitrogen and oxygen atoms in total. The molecule has 0 heterocycles. The fourth-order valence-electron chi connectivity index (χ4n) is 3.22. The Morgan fingerprint density at radius 3 is 1.45 bits per heavy atom. The van der Waals surface area contributed by atoms with Crippen molar-refractivity contribution < 1.29 is 36.1 Å². The molecule has 0 amide bonds. The number of hydrogen-bond donors (Lipinski definition) is 1. The standard InChI is InChI=1S/C24H50O8S/c1-6-7-8-9-10-11-12-13-14-15-16-28-17-21(2)29-18-22(3)30-19-23(4)31-20-24(5)32-33(25,26)27/h21-24H,6-20H2,1-5H3,(H,25,26,27). The lowest BCUT2D eigenvalue weighted by molar-refractivity contribution is -0.0854. The molecule has 9 heteroatoms. The maximum atomic E-state index is 10.6. The molecule has 1 N–H and O–H groups in total. The van der Waals surface area contributed by atoms with Gasteiger partial charge in [-0.2, -0.15) is 8.42 Å². The van der Waals surface area contributed by atoms with Gasteiger partial charge in [0.15, 0.2) is 0 Å². The van der Waals surface area contributed by atoms with Gasteiger partial charge in [-0.1, -0.05) is 64.7 Å². The van der Waals surface area contributed by atoms with Crippen LogP contribution >= 0.6 is 0 Å². The second-order valence-corrected chi connectivity index (χ2v) is 10.1. The summed E-state index contributed by atoms with van der Waals surface area (Å²) in [6, 6.07) is 0. The smallest absolute Gasteiger partial charge is 0.379 e. The van der Waals surface area contributed by atoms with E-state index < -0.39 is 16.5 Å².